The van der Waals surface area contributed by atoms with Gasteiger partial charge in [0.05, 0.1) is 26.1 Å². The number of carbonyl (C=O) groups excluding carboxylic acids is 2. The number of ether oxygens (including phenoxy) is 5. The Kier molecular flexibility index (Phi) is 4.92. The Labute approximate surface area is 166 Å². The van der Waals surface area contributed by atoms with Gasteiger partial charge in [-0.1, -0.05) is 0 Å². The number of hydrogen-bond acceptors (Lipinski definition) is 8. The van der Waals surface area contributed by atoms with E-state index in [1.54, 1.807) is 30.3 Å². The molecule has 8 nitrogen and oxygen atoms in total. The SMILES string of the molecule is COc1cc(C[C@H]2C(=O)OC[C@@H]2C(=O)c2ccc3c(c2)OCO3)cc(OC)c1O. The number of rotatable bonds is 6. The number of phenols is 1. The standard InChI is InChI=1S/C21H20O8/c1-25-17-6-11(7-18(26-2)20(17)23)5-13-14(9-27-21(13)24)19(22)12-3-4-15-16(8-12)29-10-28-15/h3-4,6-8,13-14,23H,5,9-10H2,1-2H3/t13-,14+/m1/s1. The van der Waals surface area contributed by atoms with Crippen molar-refractivity contribution >= 4 is 11.8 Å². The number of fused-ring (bicyclic) bond motifs is 1. The summed E-state index contributed by atoms with van der Waals surface area (Å²) in [5, 5.41) is 10.1. The van der Waals surface area contributed by atoms with Crippen molar-refractivity contribution in [3.05, 3.63) is 41.5 Å². The number of phenolic OH excluding ortho intramolecular Hbond substituents is 1. The number of benzene rings is 2. The molecule has 2 heterocycles. The lowest BCUT2D eigenvalue weighted by atomic mass is 9.84. The average molecular weight is 400 g/mol. The van der Waals surface area contributed by atoms with E-state index in [-0.39, 0.29) is 42.9 Å². The van der Waals surface area contributed by atoms with Crippen LogP contribution in [0.3, 0.4) is 0 Å². The molecule has 0 aliphatic carbocycles. The molecule has 1 fully saturated rings. The molecule has 0 aromatic heterocycles. The third kappa shape index (κ3) is 3.41. The van der Waals surface area contributed by atoms with E-state index in [0.29, 0.717) is 22.6 Å². The quantitative estimate of drug-likeness (QED) is 0.583. The summed E-state index contributed by atoms with van der Waals surface area (Å²) < 4.78 is 26.1. The summed E-state index contributed by atoms with van der Waals surface area (Å²) in [5.41, 5.74) is 1.12. The minimum Gasteiger partial charge on any atom is -0.502 e. The van der Waals surface area contributed by atoms with Gasteiger partial charge in [0.2, 0.25) is 12.5 Å². The molecule has 1 saturated heterocycles. The Bertz CT molecular complexity index is 942. The third-order valence-corrected chi connectivity index (χ3v) is 5.18. The van der Waals surface area contributed by atoms with Crippen molar-refractivity contribution in [3.8, 4) is 28.7 Å². The van der Waals surface area contributed by atoms with Crippen molar-refractivity contribution in [3.63, 3.8) is 0 Å². The molecule has 152 valence electrons. The number of aromatic hydroxyl groups is 1. The first-order chi connectivity index (χ1) is 14.0. The number of Topliss-reactive ketones (excluding diaryl/α,β-unsaturated/α-hetero) is 1. The van der Waals surface area contributed by atoms with E-state index in [2.05, 4.69) is 0 Å². The highest BCUT2D eigenvalue weighted by Crippen LogP contribution is 2.39. The molecule has 2 aromatic rings. The number of esters is 1. The van der Waals surface area contributed by atoms with Crippen molar-refractivity contribution in [1.29, 1.82) is 0 Å². The lowest BCUT2D eigenvalue weighted by molar-refractivity contribution is -0.141. The molecular formula is C21H20O8. The fourth-order valence-electron chi connectivity index (χ4n) is 3.63. The van der Waals surface area contributed by atoms with Gasteiger partial charge in [-0.05, 0) is 42.3 Å². The van der Waals surface area contributed by atoms with Gasteiger partial charge in [0, 0.05) is 5.56 Å². The lowest BCUT2D eigenvalue weighted by Crippen LogP contribution is -2.26. The number of ketones is 1. The Morgan fingerprint density at radius 2 is 1.76 bits per heavy atom. The van der Waals surface area contributed by atoms with Crippen LogP contribution in [0.5, 0.6) is 28.7 Å². The molecule has 0 bridgehead atoms. The zero-order valence-corrected chi connectivity index (χ0v) is 16.0. The Hall–Kier alpha value is -3.42. The molecule has 29 heavy (non-hydrogen) atoms. The molecule has 0 unspecified atom stereocenters. The maximum Gasteiger partial charge on any atom is 0.310 e. The molecule has 0 radical (unpaired) electrons. The largest absolute Gasteiger partial charge is 0.502 e. The van der Waals surface area contributed by atoms with Crippen LogP contribution in [0, 0.1) is 11.8 Å². The first-order valence-electron chi connectivity index (χ1n) is 9.06. The summed E-state index contributed by atoms with van der Waals surface area (Å²) in [6, 6.07) is 8.19. The minimum atomic E-state index is -0.660. The van der Waals surface area contributed by atoms with E-state index in [1.165, 1.54) is 14.2 Å². The van der Waals surface area contributed by atoms with Gasteiger partial charge in [0.25, 0.3) is 0 Å². The maximum absolute atomic E-state index is 13.1. The van der Waals surface area contributed by atoms with Gasteiger partial charge < -0.3 is 28.8 Å². The molecule has 2 aliphatic heterocycles. The van der Waals surface area contributed by atoms with Crippen molar-refractivity contribution < 1.29 is 38.4 Å². The predicted molar refractivity (Wildman–Crippen MR) is 99.7 cm³/mol. The zero-order valence-electron chi connectivity index (χ0n) is 16.0. The highest BCUT2D eigenvalue weighted by atomic mass is 16.7. The van der Waals surface area contributed by atoms with Crippen LogP contribution in [0.4, 0.5) is 0 Å². The molecule has 0 saturated carbocycles. The van der Waals surface area contributed by atoms with E-state index in [4.69, 9.17) is 23.7 Å². The monoisotopic (exact) mass is 400 g/mol. The Morgan fingerprint density at radius 1 is 1.07 bits per heavy atom. The molecule has 8 heteroatoms. The van der Waals surface area contributed by atoms with Crippen molar-refractivity contribution in [2.24, 2.45) is 11.8 Å². The summed E-state index contributed by atoms with van der Waals surface area (Å²) in [7, 11) is 2.85. The summed E-state index contributed by atoms with van der Waals surface area (Å²) >= 11 is 0. The molecule has 0 spiro atoms. The molecule has 0 amide bonds. The summed E-state index contributed by atoms with van der Waals surface area (Å²) in [4.78, 5) is 25.4. The predicted octanol–water partition coefficient (Wildman–Crippen LogP) is 2.35. The van der Waals surface area contributed by atoms with Gasteiger partial charge in [-0.25, -0.2) is 0 Å². The van der Waals surface area contributed by atoms with E-state index in [1.807, 2.05) is 0 Å². The molecule has 2 aliphatic rings. The van der Waals surface area contributed by atoms with Crippen LogP contribution in [0.25, 0.3) is 0 Å². The Balaban J connectivity index is 1.60. The normalized spacial score (nSPS) is 19.7. The smallest absolute Gasteiger partial charge is 0.310 e. The van der Waals surface area contributed by atoms with Crippen LogP contribution in [0.15, 0.2) is 30.3 Å². The second kappa shape index (κ2) is 7.54. The topological polar surface area (TPSA) is 101 Å². The van der Waals surface area contributed by atoms with Crippen LogP contribution >= 0.6 is 0 Å². The van der Waals surface area contributed by atoms with E-state index >= 15 is 0 Å². The molecule has 1 N–H and O–H groups in total. The summed E-state index contributed by atoms with van der Waals surface area (Å²) in [6.07, 6.45) is 0.243. The van der Waals surface area contributed by atoms with Gasteiger partial charge in [0.1, 0.15) is 6.61 Å². The molecule has 4 rings (SSSR count). The number of cyclic esters (lactones) is 1. The van der Waals surface area contributed by atoms with Crippen LogP contribution < -0.4 is 18.9 Å². The number of hydrogen-bond donors (Lipinski definition) is 1. The highest BCUT2D eigenvalue weighted by molar-refractivity contribution is 6.01. The van der Waals surface area contributed by atoms with Crippen molar-refractivity contribution in [1.82, 2.24) is 0 Å². The van der Waals surface area contributed by atoms with E-state index in [9.17, 15) is 14.7 Å². The van der Waals surface area contributed by atoms with Gasteiger partial charge in [-0.3, -0.25) is 9.59 Å². The van der Waals surface area contributed by atoms with Crippen molar-refractivity contribution in [2.75, 3.05) is 27.6 Å². The molecule has 2 atom stereocenters. The summed E-state index contributed by atoms with van der Waals surface area (Å²) in [6.45, 7) is 0.133. The van der Waals surface area contributed by atoms with Gasteiger partial charge >= 0.3 is 5.97 Å². The van der Waals surface area contributed by atoms with E-state index in [0.717, 1.165) is 0 Å². The minimum absolute atomic E-state index is 0.0170. The second-order valence-electron chi connectivity index (χ2n) is 6.83. The first-order valence-corrected chi connectivity index (χ1v) is 9.06. The zero-order chi connectivity index (χ0) is 20.5. The summed E-state index contributed by atoms with van der Waals surface area (Å²) in [5.74, 6) is -0.507. The first kappa shape index (κ1) is 18.9. The average Bonchev–Trinajstić information content (AvgIpc) is 3.34. The van der Waals surface area contributed by atoms with Crippen LogP contribution in [-0.4, -0.2) is 44.5 Å². The molecular weight excluding hydrogens is 380 g/mol. The van der Waals surface area contributed by atoms with Gasteiger partial charge in [0.15, 0.2) is 28.8 Å². The van der Waals surface area contributed by atoms with Crippen LogP contribution in [0.1, 0.15) is 15.9 Å². The third-order valence-electron chi connectivity index (χ3n) is 5.18. The van der Waals surface area contributed by atoms with Gasteiger partial charge in [-0.15, -0.1) is 0 Å². The van der Waals surface area contributed by atoms with E-state index < -0.39 is 17.8 Å². The van der Waals surface area contributed by atoms with Crippen LogP contribution in [0.2, 0.25) is 0 Å². The second-order valence-corrected chi connectivity index (χ2v) is 6.83. The van der Waals surface area contributed by atoms with Crippen molar-refractivity contribution in [2.45, 2.75) is 6.42 Å². The number of methoxy groups -OCH3 is 2. The number of carbonyl (C=O) groups is 2. The lowest BCUT2D eigenvalue weighted by Gasteiger charge is -2.16. The fraction of sp³-hybridized carbons (Fsp3) is 0.333. The highest BCUT2D eigenvalue weighted by Gasteiger charge is 2.42. The van der Waals surface area contributed by atoms with Crippen LogP contribution in [-0.2, 0) is 16.0 Å². The maximum atomic E-state index is 13.1. The van der Waals surface area contributed by atoms with Gasteiger partial charge in [-0.2, -0.15) is 0 Å². The molecule has 2 aromatic carbocycles. The fourth-order valence-corrected chi connectivity index (χ4v) is 3.63. The Morgan fingerprint density at radius 3 is 2.45 bits per heavy atom.